The van der Waals surface area contributed by atoms with E-state index < -0.39 is 42.3 Å². The molecule has 3 amide bonds. The van der Waals surface area contributed by atoms with Gasteiger partial charge in [-0.2, -0.15) is 4.98 Å². The quantitative estimate of drug-likeness (QED) is 0.234. The van der Waals surface area contributed by atoms with Crippen molar-refractivity contribution in [3.8, 4) is 5.88 Å². The number of hydrogen-bond donors (Lipinski definition) is 1. The van der Waals surface area contributed by atoms with Gasteiger partial charge in [-0.15, -0.1) is 0 Å². The second-order valence-corrected chi connectivity index (χ2v) is 9.17. The van der Waals surface area contributed by atoms with Crippen LogP contribution in [0.2, 0.25) is 10.0 Å². The van der Waals surface area contributed by atoms with Gasteiger partial charge in [-0.1, -0.05) is 29.3 Å². The predicted octanol–water partition coefficient (Wildman–Crippen LogP) is 3.80. The average molecular weight is 576 g/mol. The molecule has 0 unspecified atom stereocenters. The van der Waals surface area contributed by atoms with Gasteiger partial charge in [0.2, 0.25) is 17.6 Å². The molecule has 0 radical (unpaired) electrons. The fraction of sp³-hybridized carbons (Fsp3) is 0.231. The second kappa shape index (κ2) is 12.6. The Kier molecular flexibility index (Phi) is 9.55. The van der Waals surface area contributed by atoms with Gasteiger partial charge < -0.3 is 19.9 Å². The van der Waals surface area contributed by atoms with Crippen molar-refractivity contribution in [2.24, 2.45) is 0 Å². The largest absolute Gasteiger partial charge is 0.481 e. The van der Waals surface area contributed by atoms with Gasteiger partial charge in [0.25, 0.3) is 11.8 Å². The number of carbonyl (C=O) groups excluding carboxylic acids is 4. The minimum atomic E-state index is -0.864. The number of aromatic nitrogens is 2. The summed E-state index contributed by atoms with van der Waals surface area (Å²) in [5, 5.41) is 2.10. The number of hydrogen-bond acceptors (Lipinski definition) is 7. The molecule has 0 aliphatic heterocycles. The van der Waals surface area contributed by atoms with E-state index in [-0.39, 0.29) is 44.1 Å². The molecule has 10 nitrogen and oxygen atoms in total. The highest BCUT2D eigenvalue weighted by molar-refractivity contribution is 6.42. The molecule has 0 saturated heterocycles. The summed E-state index contributed by atoms with van der Waals surface area (Å²) in [5.41, 5.74) is 0.200. The average Bonchev–Trinajstić information content (AvgIpc) is 2.94. The number of ether oxygens (including phenoxy) is 1. The summed E-state index contributed by atoms with van der Waals surface area (Å²) in [4.78, 5) is 62.0. The SMILES string of the molecule is CNC(=O)c1cc(C(=O)N(C)C)cc(N(Cc2ccc(Cl)c(Cl)c2F)C(=O)CC(=O)c2nccc(OC)n2)c1. The van der Waals surface area contributed by atoms with Crippen molar-refractivity contribution < 1.29 is 28.3 Å². The maximum atomic E-state index is 15.0. The summed E-state index contributed by atoms with van der Waals surface area (Å²) in [7, 11) is 5.81. The maximum absolute atomic E-state index is 15.0. The number of Topliss-reactive ketones (excluding diaryl/α,β-unsaturated/α-hetero) is 1. The van der Waals surface area contributed by atoms with Crippen LogP contribution in [-0.2, 0) is 11.3 Å². The summed E-state index contributed by atoms with van der Waals surface area (Å²) in [6, 6.07) is 8.22. The molecular formula is C26H24Cl2FN5O5. The van der Waals surface area contributed by atoms with Crippen molar-refractivity contribution in [1.82, 2.24) is 20.2 Å². The molecular weight excluding hydrogens is 552 g/mol. The van der Waals surface area contributed by atoms with Crippen molar-refractivity contribution in [2.45, 2.75) is 13.0 Å². The van der Waals surface area contributed by atoms with E-state index in [4.69, 9.17) is 27.9 Å². The standard InChI is InChI=1S/C26H24Cl2FN5O5/c1-30-25(37)15-9-16(26(38)33(2)3)11-17(10-15)34(13-14-5-6-18(27)22(28)23(14)29)21(36)12-19(35)24-31-8-7-20(32-24)39-4/h5-11H,12-13H2,1-4H3,(H,30,37). The van der Waals surface area contributed by atoms with Gasteiger partial charge >= 0.3 is 0 Å². The molecule has 0 fully saturated rings. The number of rotatable bonds is 9. The van der Waals surface area contributed by atoms with Gasteiger partial charge in [0.1, 0.15) is 5.82 Å². The van der Waals surface area contributed by atoms with Crippen molar-refractivity contribution >= 4 is 52.4 Å². The van der Waals surface area contributed by atoms with E-state index in [1.807, 2.05) is 0 Å². The van der Waals surface area contributed by atoms with E-state index in [0.29, 0.717) is 0 Å². The number of ketones is 1. The second-order valence-electron chi connectivity index (χ2n) is 8.38. The van der Waals surface area contributed by atoms with Gasteiger partial charge in [0.15, 0.2) is 5.82 Å². The summed E-state index contributed by atoms with van der Waals surface area (Å²) >= 11 is 11.9. The van der Waals surface area contributed by atoms with Gasteiger partial charge in [-0.05, 0) is 24.3 Å². The van der Waals surface area contributed by atoms with Crippen molar-refractivity contribution in [3.05, 3.63) is 81.0 Å². The lowest BCUT2D eigenvalue weighted by molar-refractivity contribution is -0.117. The zero-order chi connectivity index (χ0) is 28.9. The first-order valence-electron chi connectivity index (χ1n) is 11.4. The lowest BCUT2D eigenvalue weighted by Gasteiger charge is -2.25. The molecule has 2 aromatic carbocycles. The van der Waals surface area contributed by atoms with Crippen LogP contribution >= 0.6 is 23.2 Å². The minimum Gasteiger partial charge on any atom is -0.481 e. The Labute approximate surface area is 233 Å². The van der Waals surface area contributed by atoms with Gasteiger partial charge in [-0.25, -0.2) is 9.37 Å². The predicted molar refractivity (Wildman–Crippen MR) is 143 cm³/mol. The van der Waals surface area contributed by atoms with E-state index in [9.17, 15) is 19.2 Å². The number of nitrogens with one attached hydrogen (secondary N) is 1. The third-order valence-corrected chi connectivity index (χ3v) is 6.30. The highest BCUT2D eigenvalue weighted by Gasteiger charge is 2.26. The molecule has 1 aromatic heterocycles. The fourth-order valence-corrected chi connectivity index (χ4v) is 3.84. The number of amides is 3. The number of nitrogens with zero attached hydrogens (tertiary/aromatic N) is 4. The topological polar surface area (TPSA) is 122 Å². The van der Waals surface area contributed by atoms with Crippen LogP contribution in [0.3, 0.4) is 0 Å². The maximum Gasteiger partial charge on any atom is 0.253 e. The normalized spacial score (nSPS) is 10.5. The summed E-state index contributed by atoms with van der Waals surface area (Å²) in [6.45, 7) is -0.402. The molecule has 0 aliphatic carbocycles. The number of methoxy groups -OCH3 is 1. The van der Waals surface area contributed by atoms with Gasteiger partial charge in [-0.3, -0.25) is 19.2 Å². The van der Waals surface area contributed by atoms with E-state index in [0.717, 1.165) is 4.90 Å². The Hall–Kier alpha value is -4.09. The van der Waals surface area contributed by atoms with Crippen LogP contribution in [0.1, 0.15) is 43.3 Å². The molecule has 13 heteroatoms. The zero-order valence-corrected chi connectivity index (χ0v) is 22.9. The van der Waals surface area contributed by atoms with Gasteiger partial charge in [0.05, 0.1) is 30.1 Å². The van der Waals surface area contributed by atoms with Crippen LogP contribution in [0.25, 0.3) is 0 Å². The van der Waals surface area contributed by atoms with Crippen LogP contribution in [0.15, 0.2) is 42.6 Å². The summed E-state index contributed by atoms with van der Waals surface area (Å²) in [6.07, 6.45) is 0.593. The molecule has 0 spiro atoms. The van der Waals surface area contributed by atoms with Gasteiger partial charge in [0, 0.05) is 55.8 Å². The molecule has 39 heavy (non-hydrogen) atoms. The Morgan fingerprint density at radius 1 is 1.05 bits per heavy atom. The summed E-state index contributed by atoms with van der Waals surface area (Å²) in [5.74, 6) is -3.49. The molecule has 1 N–H and O–H groups in total. The van der Waals surface area contributed by atoms with Crippen molar-refractivity contribution in [3.63, 3.8) is 0 Å². The molecule has 0 aliphatic rings. The molecule has 0 saturated carbocycles. The van der Waals surface area contributed by atoms with Crippen LogP contribution in [-0.4, -0.2) is 66.6 Å². The molecule has 3 aromatic rings. The summed E-state index contributed by atoms with van der Waals surface area (Å²) < 4.78 is 20.0. The Balaban J connectivity index is 2.12. The smallest absolute Gasteiger partial charge is 0.253 e. The minimum absolute atomic E-state index is 0.0198. The van der Waals surface area contributed by atoms with Crippen LogP contribution in [0.4, 0.5) is 10.1 Å². The molecule has 3 rings (SSSR count). The van der Waals surface area contributed by atoms with Crippen molar-refractivity contribution in [1.29, 1.82) is 0 Å². The lowest BCUT2D eigenvalue weighted by Crippen LogP contribution is -2.33. The monoisotopic (exact) mass is 575 g/mol. The van der Waals surface area contributed by atoms with Crippen molar-refractivity contribution in [2.75, 3.05) is 33.2 Å². The zero-order valence-electron chi connectivity index (χ0n) is 21.4. The molecule has 0 bridgehead atoms. The first kappa shape index (κ1) is 29.5. The highest BCUT2D eigenvalue weighted by Crippen LogP contribution is 2.30. The first-order chi connectivity index (χ1) is 18.5. The van der Waals surface area contributed by atoms with E-state index in [2.05, 4.69) is 15.3 Å². The van der Waals surface area contributed by atoms with Crippen LogP contribution in [0, 0.1) is 5.82 Å². The number of carbonyl (C=O) groups is 4. The lowest BCUT2D eigenvalue weighted by atomic mass is 10.1. The number of benzene rings is 2. The third kappa shape index (κ3) is 6.87. The van der Waals surface area contributed by atoms with Crippen LogP contribution in [0.5, 0.6) is 5.88 Å². The molecule has 0 atom stereocenters. The third-order valence-electron chi connectivity index (χ3n) is 5.52. The first-order valence-corrected chi connectivity index (χ1v) is 12.1. The molecule has 1 heterocycles. The van der Waals surface area contributed by atoms with Crippen LogP contribution < -0.4 is 15.0 Å². The van der Waals surface area contributed by atoms with E-state index in [1.54, 1.807) is 0 Å². The van der Waals surface area contributed by atoms with E-state index in [1.165, 1.54) is 75.7 Å². The number of anilines is 1. The highest BCUT2D eigenvalue weighted by atomic mass is 35.5. The number of halogens is 3. The Bertz CT molecular complexity index is 1450. The molecule has 204 valence electrons. The fourth-order valence-electron chi connectivity index (χ4n) is 3.51. The Morgan fingerprint density at radius 3 is 2.38 bits per heavy atom. The van der Waals surface area contributed by atoms with E-state index >= 15 is 4.39 Å². The Morgan fingerprint density at radius 2 is 1.74 bits per heavy atom.